The minimum atomic E-state index is -1.39. The van der Waals surface area contributed by atoms with Crippen molar-refractivity contribution in [3.8, 4) is 0 Å². The molecule has 1 amide bonds. The third kappa shape index (κ3) is 8.19. The summed E-state index contributed by atoms with van der Waals surface area (Å²) in [5.41, 5.74) is 0.439. The molecule has 3 aliphatic heterocycles. The van der Waals surface area contributed by atoms with Gasteiger partial charge in [-0.3, -0.25) is 4.79 Å². The average molecular weight is 612 g/mol. The van der Waals surface area contributed by atoms with Crippen LogP contribution >= 0.6 is 23.5 Å². The summed E-state index contributed by atoms with van der Waals surface area (Å²) >= 11 is 2.84. The van der Waals surface area contributed by atoms with E-state index in [9.17, 15) is 20.1 Å². The maximum absolute atomic E-state index is 13.9. The van der Waals surface area contributed by atoms with Gasteiger partial charge in [-0.1, -0.05) is 32.9 Å². The number of amides is 1. The number of carbonyl (C=O) groups excluding carboxylic acids is 1. The lowest BCUT2D eigenvalue weighted by Gasteiger charge is -2.44. The molecule has 0 saturated carbocycles. The highest BCUT2D eigenvalue weighted by molar-refractivity contribution is 8.00. The smallest absolute Gasteiger partial charge is 0.240 e. The summed E-state index contributed by atoms with van der Waals surface area (Å²) in [6.07, 6.45) is -0.0991. The normalized spacial score (nSPS) is 35.5. The Morgan fingerprint density at radius 3 is 2.51 bits per heavy atom. The van der Waals surface area contributed by atoms with Crippen LogP contribution in [-0.2, 0) is 20.8 Å². The molecule has 11 heteroatoms. The molecule has 11 atom stereocenters. The Balaban J connectivity index is 1.52. The Hall–Kier alpha value is -0.890. The Morgan fingerprint density at radius 2 is 1.85 bits per heavy atom. The van der Waals surface area contributed by atoms with Crippen molar-refractivity contribution in [3.05, 3.63) is 29.8 Å². The number of carbonyl (C=O) groups is 1. The summed E-state index contributed by atoms with van der Waals surface area (Å²) in [7, 11) is 1.91. The van der Waals surface area contributed by atoms with Crippen LogP contribution in [0.25, 0.3) is 0 Å². The van der Waals surface area contributed by atoms with Gasteiger partial charge in [0, 0.05) is 29.8 Å². The number of nitrogens with one attached hydrogen (secondary N) is 3. The molecule has 0 aromatic heterocycles. The van der Waals surface area contributed by atoms with Crippen LogP contribution < -0.4 is 16.0 Å². The van der Waals surface area contributed by atoms with Crippen molar-refractivity contribution in [2.24, 2.45) is 17.8 Å². The molecule has 0 bridgehead atoms. The quantitative estimate of drug-likeness (QED) is 0.207. The highest BCUT2D eigenvalue weighted by Gasteiger charge is 2.50. The molecule has 41 heavy (non-hydrogen) atoms. The van der Waals surface area contributed by atoms with Crippen molar-refractivity contribution < 1.29 is 29.6 Å². The van der Waals surface area contributed by atoms with Gasteiger partial charge in [0.05, 0.1) is 12.1 Å². The fourth-order valence-electron chi connectivity index (χ4n) is 6.54. The van der Waals surface area contributed by atoms with Gasteiger partial charge in [-0.05, 0) is 68.0 Å². The van der Waals surface area contributed by atoms with Crippen molar-refractivity contribution in [1.29, 1.82) is 0 Å². The Morgan fingerprint density at radius 1 is 1.12 bits per heavy atom. The topological polar surface area (TPSA) is 132 Å². The van der Waals surface area contributed by atoms with Crippen LogP contribution in [-0.4, -0.2) is 101 Å². The summed E-state index contributed by atoms with van der Waals surface area (Å²) < 4.78 is 12.4. The maximum Gasteiger partial charge on any atom is 0.240 e. The molecule has 3 heterocycles. The van der Waals surface area contributed by atoms with E-state index in [-0.39, 0.29) is 23.2 Å². The average Bonchev–Trinajstić information content (AvgIpc) is 3.23. The number of hydrogen-bond acceptors (Lipinski definition) is 10. The van der Waals surface area contributed by atoms with E-state index in [1.54, 1.807) is 18.0 Å². The van der Waals surface area contributed by atoms with Crippen LogP contribution in [0.3, 0.4) is 0 Å². The van der Waals surface area contributed by atoms with Gasteiger partial charge in [0.25, 0.3) is 0 Å². The largest absolute Gasteiger partial charge is 0.388 e. The first-order valence-corrected chi connectivity index (χ1v) is 17.1. The standard InChI is InChI=1S/C30H49N3O6S2/c1-16(2)12-19-10-11-38-27-20(13-19)15-32-23(27)29(37)33-22(28-25(35)24(34)26(36)30(39-28)40-5)17(3)41-21-8-6-18(7-9-21)14-31-4/h6-9,16-17,19-20,22-28,30-32,34-36H,10-15H2,1-5H3,(H,33,37)/t17-,19-,20-,22+,23-,24+,25?,26+,27+,28+,30?/m0/s1. The molecule has 4 rings (SSSR count). The van der Waals surface area contributed by atoms with E-state index in [2.05, 4.69) is 41.9 Å². The molecule has 9 nitrogen and oxygen atoms in total. The van der Waals surface area contributed by atoms with E-state index in [4.69, 9.17) is 9.47 Å². The van der Waals surface area contributed by atoms with Crippen LogP contribution in [0, 0.1) is 17.8 Å². The monoisotopic (exact) mass is 611 g/mol. The lowest BCUT2D eigenvalue weighted by molar-refractivity contribution is -0.205. The maximum atomic E-state index is 13.9. The minimum absolute atomic E-state index is 0.196. The van der Waals surface area contributed by atoms with Crippen molar-refractivity contribution >= 4 is 29.4 Å². The second-order valence-electron chi connectivity index (χ2n) is 12.2. The Labute approximate surface area is 253 Å². The van der Waals surface area contributed by atoms with Gasteiger partial charge < -0.3 is 40.7 Å². The molecule has 0 spiro atoms. The molecule has 1 aromatic rings. The lowest BCUT2D eigenvalue weighted by atomic mass is 9.85. The SMILES string of the molecule is CNCc1ccc(S[C@@H](C)[C@@H](NC(=O)[C@H]2NC[C@@H]3C[C@H](CC(C)C)CCO[C@H]32)[C@H]2OC(SC)[C@H](O)[C@H](O)C2O)cc1. The molecule has 232 valence electrons. The van der Waals surface area contributed by atoms with Crippen molar-refractivity contribution in [2.75, 3.05) is 26.5 Å². The molecule has 0 aliphatic carbocycles. The summed E-state index contributed by atoms with van der Waals surface area (Å²) in [5, 5.41) is 41.7. The number of ether oxygens (including phenoxy) is 2. The highest BCUT2D eigenvalue weighted by atomic mass is 32.2. The first kappa shape index (κ1) is 33.0. The number of fused-ring (bicyclic) bond motifs is 1. The van der Waals surface area contributed by atoms with Gasteiger partial charge in [0.15, 0.2) is 0 Å². The molecule has 3 fully saturated rings. The Kier molecular flexibility index (Phi) is 12.2. The second-order valence-corrected chi connectivity index (χ2v) is 14.6. The van der Waals surface area contributed by atoms with Gasteiger partial charge in [0.1, 0.15) is 35.9 Å². The molecule has 6 N–H and O–H groups in total. The molecule has 1 aromatic carbocycles. The van der Waals surface area contributed by atoms with E-state index in [1.165, 1.54) is 17.3 Å². The Bertz CT molecular complexity index is 970. The molecule has 0 radical (unpaired) electrons. The van der Waals surface area contributed by atoms with Crippen LogP contribution in [0.15, 0.2) is 29.2 Å². The molecule has 3 aliphatic rings. The van der Waals surface area contributed by atoms with E-state index in [0.717, 1.165) is 37.2 Å². The lowest BCUT2D eigenvalue weighted by Crippen LogP contribution is -2.65. The highest BCUT2D eigenvalue weighted by Crippen LogP contribution is 2.36. The summed E-state index contributed by atoms with van der Waals surface area (Å²) in [6, 6.07) is 7.07. The second kappa shape index (κ2) is 15.2. The van der Waals surface area contributed by atoms with E-state index < -0.39 is 41.9 Å². The number of thioether (sulfide) groups is 2. The van der Waals surface area contributed by atoms with E-state index in [1.807, 2.05) is 26.1 Å². The summed E-state index contributed by atoms with van der Waals surface area (Å²) in [4.78, 5) is 14.9. The first-order chi connectivity index (χ1) is 19.6. The van der Waals surface area contributed by atoms with Gasteiger partial charge in [-0.25, -0.2) is 0 Å². The fraction of sp³-hybridized carbons (Fsp3) is 0.767. The predicted molar refractivity (Wildman–Crippen MR) is 164 cm³/mol. The number of aliphatic hydroxyl groups is 3. The molecule has 3 saturated heterocycles. The van der Waals surface area contributed by atoms with Crippen molar-refractivity contribution in [2.45, 2.75) is 105 Å². The third-order valence-electron chi connectivity index (χ3n) is 8.59. The zero-order valence-electron chi connectivity index (χ0n) is 24.9. The van der Waals surface area contributed by atoms with Crippen molar-refractivity contribution in [3.63, 3.8) is 0 Å². The molecular formula is C30H49N3O6S2. The van der Waals surface area contributed by atoms with Gasteiger partial charge in [0.2, 0.25) is 5.91 Å². The predicted octanol–water partition coefficient (Wildman–Crippen LogP) is 1.97. The zero-order valence-corrected chi connectivity index (χ0v) is 26.5. The van der Waals surface area contributed by atoms with E-state index in [0.29, 0.717) is 18.4 Å². The number of rotatable bonds is 11. The fourth-order valence-corrected chi connectivity index (χ4v) is 8.31. The van der Waals surface area contributed by atoms with Crippen LogP contribution in [0.2, 0.25) is 0 Å². The summed E-state index contributed by atoms with van der Waals surface area (Å²) in [5.74, 6) is 1.30. The first-order valence-electron chi connectivity index (χ1n) is 14.9. The number of aliphatic hydroxyl groups excluding tert-OH is 3. The van der Waals surface area contributed by atoms with Crippen molar-refractivity contribution in [1.82, 2.24) is 16.0 Å². The van der Waals surface area contributed by atoms with Crippen LogP contribution in [0.1, 0.15) is 45.6 Å². The number of hydrogen-bond donors (Lipinski definition) is 6. The van der Waals surface area contributed by atoms with Crippen LogP contribution in [0.4, 0.5) is 0 Å². The van der Waals surface area contributed by atoms with Gasteiger partial charge >= 0.3 is 0 Å². The summed E-state index contributed by atoms with van der Waals surface area (Å²) in [6.45, 7) is 8.64. The molecular weight excluding hydrogens is 562 g/mol. The minimum Gasteiger partial charge on any atom is -0.388 e. The van der Waals surface area contributed by atoms with Gasteiger partial charge in [-0.15, -0.1) is 23.5 Å². The van der Waals surface area contributed by atoms with Gasteiger partial charge in [-0.2, -0.15) is 0 Å². The third-order valence-corrected chi connectivity index (χ3v) is 10.7. The van der Waals surface area contributed by atoms with Crippen LogP contribution in [0.5, 0.6) is 0 Å². The number of benzene rings is 1. The van der Waals surface area contributed by atoms with E-state index >= 15 is 0 Å². The zero-order chi connectivity index (χ0) is 29.7. The molecule has 2 unspecified atom stereocenters.